The van der Waals surface area contributed by atoms with Gasteiger partial charge >= 0.3 is 6.09 Å². The summed E-state index contributed by atoms with van der Waals surface area (Å²) < 4.78 is 13.5. The van der Waals surface area contributed by atoms with Crippen LogP contribution in [0.2, 0.25) is 5.02 Å². The molecule has 10 nitrogen and oxygen atoms in total. The molecule has 0 unspecified atom stereocenters. The summed E-state index contributed by atoms with van der Waals surface area (Å²) in [7, 11) is 0. The molecule has 1 atom stereocenters. The van der Waals surface area contributed by atoms with E-state index in [1.807, 2.05) is 56.5 Å². The van der Waals surface area contributed by atoms with Gasteiger partial charge < -0.3 is 19.7 Å². The van der Waals surface area contributed by atoms with Gasteiger partial charge in [0, 0.05) is 40.7 Å². The van der Waals surface area contributed by atoms with Gasteiger partial charge in [-0.25, -0.2) is 4.79 Å². The summed E-state index contributed by atoms with van der Waals surface area (Å²) in [5.74, 6) is 1.26. The number of fused-ring (bicyclic) bond motifs is 3. The number of carbonyl (C=O) groups is 2. The summed E-state index contributed by atoms with van der Waals surface area (Å²) >= 11 is 7.88. The van der Waals surface area contributed by atoms with Crippen LogP contribution in [0.1, 0.15) is 79.3 Å². The van der Waals surface area contributed by atoms with Crippen molar-refractivity contribution in [3.05, 3.63) is 62.5 Å². The Hall–Kier alpha value is -3.28. The number of piperidine rings is 1. The lowest BCUT2D eigenvalue weighted by Gasteiger charge is -2.33. The number of rotatable bonds is 7. The van der Waals surface area contributed by atoms with Gasteiger partial charge in [-0.15, -0.1) is 21.5 Å². The molecule has 4 heterocycles. The van der Waals surface area contributed by atoms with Crippen molar-refractivity contribution in [3.8, 4) is 5.00 Å². The minimum Gasteiger partial charge on any atom is -0.444 e. The van der Waals surface area contributed by atoms with Gasteiger partial charge in [-0.05, 0) is 72.1 Å². The van der Waals surface area contributed by atoms with Crippen molar-refractivity contribution >= 4 is 40.6 Å². The molecular weight excluding hydrogens is 588 g/mol. The highest BCUT2D eigenvalue weighted by Gasteiger charge is 2.32. The summed E-state index contributed by atoms with van der Waals surface area (Å²) in [5, 5.41) is 13.5. The normalized spacial score (nSPS) is 17.1. The minimum atomic E-state index is -0.524. The van der Waals surface area contributed by atoms with Crippen LogP contribution in [-0.2, 0) is 14.3 Å². The molecular formula is C31H39ClN6O4S. The number of benzene rings is 1. The van der Waals surface area contributed by atoms with Crippen LogP contribution in [0.3, 0.4) is 0 Å². The monoisotopic (exact) mass is 626 g/mol. The SMILES string of the molecule is Cc1sc2c(c1C)C(c1ccc(Cl)cc1)=N[C@@H](CC(=O)NCCOC1CCN(C(=O)OC(C)(C)C)CC1)c1nnc(C)n1-2. The number of nitrogens with zero attached hydrogens (tertiary/aromatic N) is 5. The molecule has 0 saturated carbocycles. The van der Waals surface area contributed by atoms with Crippen molar-refractivity contribution in [2.75, 3.05) is 26.2 Å². The van der Waals surface area contributed by atoms with Gasteiger partial charge in [0.1, 0.15) is 22.5 Å². The first-order chi connectivity index (χ1) is 20.4. The second-order valence-electron chi connectivity index (χ2n) is 12.0. The second-order valence-corrected chi connectivity index (χ2v) is 13.6. The van der Waals surface area contributed by atoms with Gasteiger partial charge in [-0.1, -0.05) is 23.7 Å². The highest BCUT2D eigenvalue weighted by molar-refractivity contribution is 7.15. The third kappa shape index (κ3) is 7.11. The van der Waals surface area contributed by atoms with Crippen LogP contribution in [0.4, 0.5) is 4.79 Å². The standard InChI is InChI=1S/C31H39ClN6O4S/c1-18-19(2)43-29-26(18)27(21-7-9-22(32)10-8-21)34-24(28-36-35-20(3)38(28)29)17-25(39)33-13-16-41-23-11-14-37(15-12-23)30(40)42-31(4,5)6/h7-10,23-24H,11-17H2,1-6H3,(H,33,39)/t24-/m0/s1. The highest BCUT2D eigenvalue weighted by atomic mass is 35.5. The molecule has 230 valence electrons. The number of halogens is 1. The fraction of sp³-hybridized carbons (Fsp3) is 0.516. The zero-order valence-electron chi connectivity index (χ0n) is 25.6. The number of nitrogens with one attached hydrogen (secondary N) is 1. The van der Waals surface area contributed by atoms with Crippen LogP contribution < -0.4 is 5.32 Å². The lowest BCUT2D eigenvalue weighted by Crippen LogP contribution is -2.43. The molecule has 2 aliphatic heterocycles. The van der Waals surface area contributed by atoms with Crippen LogP contribution in [0.5, 0.6) is 0 Å². The van der Waals surface area contributed by atoms with E-state index in [2.05, 4.69) is 29.4 Å². The molecule has 1 N–H and O–H groups in total. The summed E-state index contributed by atoms with van der Waals surface area (Å²) in [5.41, 5.74) is 3.41. The average molecular weight is 627 g/mol. The van der Waals surface area contributed by atoms with Gasteiger partial charge in [-0.2, -0.15) is 0 Å². The van der Waals surface area contributed by atoms with Crippen molar-refractivity contribution in [1.29, 1.82) is 0 Å². The number of carbonyl (C=O) groups excluding carboxylic acids is 2. The molecule has 0 radical (unpaired) electrons. The molecule has 43 heavy (non-hydrogen) atoms. The molecule has 0 bridgehead atoms. The number of aliphatic imine (C=N–C) groups is 1. The van der Waals surface area contributed by atoms with E-state index < -0.39 is 11.6 Å². The molecule has 0 spiro atoms. The molecule has 2 amide bonds. The average Bonchev–Trinajstić information content (AvgIpc) is 3.43. The van der Waals surface area contributed by atoms with Crippen molar-refractivity contribution < 1.29 is 19.1 Å². The largest absolute Gasteiger partial charge is 0.444 e. The van der Waals surface area contributed by atoms with Gasteiger partial charge in [0.15, 0.2) is 5.82 Å². The van der Waals surface area contributed by atoms with E-state index in [9.17, 15) is 9.59 Å². The molecule has 1 saturated heterocycles. The van der Waals surface area contributed by atoms with Crippen molar-refractivity contribution in [3.63, 3.8) is 0 Å². The summed E-state index contributed by atoms with van der Waals surface area (Å²) in [4.78, 5) is 33.6. The van der Waals surface area contributed by atoms with Gasteiger partial charge in [0.25, 0.3) is 0 Å². The molecule has 1 fully saturated rings. The molecule has 12 heteroatoms. The van der Waals surface area contributed by atoms with E-state index in [-0.39, 0.29) is 24.5 Å². The highest BCUT2D eigenvalue weighted by Crippen LogP contribution is 2.39. The Morgan fingerprint density at radius 2 is 1.79 bits per heavy atom. The number of amides is 2. The summed E-state index contributed by atoms with van der Waals surface area (Å²) in [6, 6.07) is 7.11. The Kier molecular flexibility index (Phi) is 9.24. The Labute approximate surface area is 261 Å². The summed E-state index contributed by atoms with van der Waals surface area (Å²) in [6.45, 7) is 13.7. The Balaban J connectivity index is 1.23. The quantitative estimate of drug-likeness (QED) is 0.336. The molecule has 1 aromatic carbocycles. The predicted molar refractivity (Wildman–Crippen MR) is 168 cm³/mol. The third-order valence-electron chi connectivity index (χ3n) is 7.61. The van der Waals surface area contributed by atoms with Crippen molar-refractivity contribution in [1.82, 2.24) is 25.0 Å². The van der Waals surface area contributed by atoms with Crippen LogP contribution in [0.25, 0.3) is 5.00 Å². The lowest BCUT2D eigenvalue weighted by atomic mass is 9.99. The van der Waals surface area contributed by atoms with Crippen molar-refractivity contribution in [2.45, 2.75) is 78.6 Å². The van der Waals surface area contributed by atoms with Crippen LogP contribution in [0.15, 0.2) is 29.3 Å². The number of hydrogen-bond donors (Lipinski definition) is 1. The second kappa shape index (κ2) is 12.8. The minimum absolute atomic E-state index is 0.0382. The Morgan fingerprint density at radius 1 is 1.09 bits per heavy atom. The fourth-order valence-electron chi connectivity index (χ4n) is 5.33. The van der Waals surface area contributed by atoms with E-state index in [1.54, 1.807) is 16.2 Å². The zero-order valence-corrected chi connectivity index (χ0v) is 27.1. The topological polar surface area (TPSA) is 111 Å². The maximum Gasteiger partial charge on any atom is 0.410 e. The van der Waals surface area contributed by atoms with Gasteiger partial charge in [-0.3, -0.25) is 14.4 Å². The Bertz CT molecular complexity index is 1520. The van der Waals surface area contributed by atoms with E-state index >= 15 is 0 Å². The number of aryl methyl sites for hydroxylation is 2. The zero-order chi connectivity index (χ0) is 30.9. The molecule has 3 aromatic rings. The first-order valence-corrected chi connectivity index (χ1v) is 15.8. The van der Waals surface area contributed by atoms with Crippen molar-refractivity contribution in [2.24, 2.45) is 4.99 Å². The van der Waals surface area contributed by atoms with Gasteiger partial charge in [0.2, 0.25) is 5.91 Å². The molecule has 5 rings (SSSR count). The fourth-order valence-corrected chi connectivity index (χ4v) is 6.67. The van der Waals surface area contributed by atoms with E-state index in [0.717, 1.165) is 46.1 Å². The number of hydrogen-bond acceptors (Lipinski definition) is 8. The third-order valence-corrected chi connectivity index (χ3v) is 9.05. The van der Waals surface area contributed by atoms with E-state index in [1.165, 1.54) is 4.88 Å². The smallest absolute Gasteiger partial charge is 0.410 e. The van der Waals surface area contributed by atoms with Crippen LogP contribution in [0, 0.1) is 20.8 Å². The molecule has 2 aromatic heterocycles. The maximum atomic E-state index is 13.2. The van der Waals surface area contributed by atoms with E-state index in [0.29, 0.717) is 37.1 Å². The number of ether oxygens (including phenoxy) is 2. The number of thiophene rings is 1. The molecule has 2 aliphatic rings. The predicted octanol–water partition coefficient (Wildman–Crippen LogP) is 5.72. The van der Waals surface area contributed by atoms with Crippen LogP contribution >= 0.6 is 22.9 Å². The van der Waals surface area contributed by atoms with Crippen LogP contribution in [-0.4, -0.2) is 75.3 Å². The Morgan fingerprint density at radius 3 is 2.47 bits per heavy atom. The first-order valence-electron chi connectivity index (χ1n) is 14.6. The lowest BCUT2D eigenvalue weighted by molar-refractivity contribution is -0.121. The maximum absolute atomic E-state index is 13.2. The number of likely N-dealkylation sites (tertiary alicyclic amines) is 1. The van der Waals surface area contributed by atoms with E-state index in [4.69, 9.17) is 26.1 Å². The molecule has 0 aliphatic carbocycles. The summed E-state index contributed by atoms with van der Waals surface area (Å²) in [6.07, 6.45) is 1.34. The number of aromatic nitrogens is 3. The van der Waals surface area contributed by atoms with Gasteiger partial charge in [0.05, 0.1) is 24.8 Å². The first kappa shape index (κ1) is 31.2.